The number of para-hydroxylation sites is 2. The van der Waals surface area contributed by atoms with Crippen LogP contribution < -0.4 is 0 Å². The molecule has 0 unspecified atom stereocenters. The van der Waals surface area contributed by atoms with E-state index in [2.05, 4.69) is 182 Å². The lowest BCUT2D eigenvalue weighted by Crippen LogP contribution is -2.10. The predicted octanol–water partition coefficient (Wildman–Crippen LogP) is 12.0. The van der Waals surface area contributed by atoms with Crippen molar-refractivity contribution in [3.63, 3.8) is 0 Å². The molecule has 1 aliphatic heterocycles. The van der Waals surface area contributed by atoms with Crippen LogP contribution in [0.4, 0.5) is 11.4 Å². The highest BCUT2D eigenvalue weighted by Crippen LogP contribution is 2.35. The summed E-state index contributed by atoms with van der Waals surface area (Å²) in [6.07, 6.45) is 0. The summed E-state index contributed by atoms with van der Waals surface area (Å²) in [5.74, 6) is 0. The highest BCUT2D eigenvalue weighted by Gasteiger charge is 2.20. The van der Waals surface area contributed by atoms with Crippen molar-refractivity contribution in [2.75, 3.05) is 0 Å². The molecule has 8 aromatic carbocycles. The number of fused-ring (bicyclic) bond motifs is 4. The second-order valence-electron chi connectivity index (χ2n) is 12.2. The van der Waals surface area contributed by atoms with E-state index in [1.54, 1.807) is 0 Å². The first kappa shape index (κ1) is 27.9. The van der Waals surface area contributed by atoms with E-state index in [0.29, 0.717) is 0 Å². The maximum atomic E-state index is 5.36. The first-order valence-electron chi connectivity index (χ1n) is 16.3. The topological polar surface area (TPSA) is 24.7 Å². The summed E-state index contributed by atoms with van der Waals surface area (Å²) < 4.78 is 0. The molecule has 224 valence electrons. The SMILES string of the molecule is c1ccc2c(c1)/N=C(/c1ccc(-c3ccc4ccccc4c3)cc1)c1ccccc1/N=C\2c1ccc(-c2ccc3ccccc3c2)cc1. The Labute approximate surface area is 280 Å². The molecule has 2 nitrogen and oxygen atoms in total. The Balaban J connectivity index is 1.11. The molecule has 0 atom stereocenters. The number of aliphatic imine (C=N–C) groups is 2. The third-order valence-corrected chi connectivity index (χ3v) is 9.27. The lowest BCUT2D eigenvalue weighted by atomic mass is 9.94. The van der Waals surface area contributed by atoms with Gasteiger partial charge in [-0.25, -0.2) is 9.98 Å². The Morgan fingerprint density at radius 3 is 1.02 bits per heavy atom. The van der Waals surface area contributed by atoms with Crippen LogP contribution in [-0.4, -0.2) is 11.4 Å². The Bertz CT molecular complexity index is 2360. The van der Waals surface area contributed by atoms with E-state index in [1.807, 2.05) is 0 Å². The van der Waals surface area contributed by atoms with Crippen LogP contribution in [-0.2, 0) is 0 Å². The molecule has 8 aromatic rings. The zero-order valence-corrected chi connectivity index (χ0v) is 26.2. The molecule has 0 aromatic heterocycles. The van der Waals surface area contributed by atoms with Gasteiger partial charge in [-0.3, -0.25) is 0 Å². The zero-order chi connectivity index (χ0) is 31.9. The summed E-state index contributed by atoms with van der Waals surface area (Å²) in [5.41, 5.74) is 12.5. The quantitative estimate of drug-likeness (QED) is 0.189. The van der Waals surface area contributed by atoms with E-state index < -0.39 is 0 Å². The molecular formula is C46H30N2. The largest absolute Gasteiger partial charge is 0.247 e. The summed E-state index contributed by atoms with van der Waals surface area (Å²) in [4.78, 5) is 10.7. The van der Waals surface area contributed by atoms with Crippen molar-refractivity contribution in [3.8, 4) is 22.3 Å². The van der Waals surface area contributed by atoms with Crippen LogP contribution in [0.1, 0.15) is 22.3 Å². The highest BCUT2D eigenvalue weighted by molar-refractivity contribution is 6.22. The summed E-state index contributed by atoms with van der Waals surface area (Å²) >= 11 is 0. The van der Waals surface area contributed by atoms with Gasteiger partial charge in [-0.1, -0.05) is 158 Å². The third-order valence-electron chi connectivity index (χ3n) is 9.27. The third kappa shape index (κ3) is 5.10. The Hall–Kier alpha value is -6.38. The monoisotopic (exact) mass is 610 g/mol. The molecule has 1 heterocycles. The molecule has 0 aliphatic carbocycles. The fourth-order valence-corrected chi connectivity index (χ4v) is 6.72. The first-order valence-corrected chi connectivity index (χ1v) is 16.3. The molecule has 1 aliphatic rings. The van der Waals surface area contributed by atoms with E-state index in [1.165, 1.54) is 43.8 Å². The standard InChI is InChI=1S/C46H30N2/c1-3-11-37-29-39(27-21-31(37)9-1)33-17-23-35(24-18-33)45-41-13-5-7-15-43(41)48-46(42-14-6-8-16-44(42)47-45)36-25-19-34(20-26-36)40-28-22-32-10-2-4-12-38(32)30-40/h1-30H/b45-41?,46-42?,47-44?,47-45-,48-43?,48-46-. The molecule has 0 saturated carbocycles. The molecule has 0 fully saturated rings. The second-order valence-corrected chi connectivity index (χ2v) is 12.2. The van der Waals surface area contributed by atoms with Gasteiger partial charge in [0, 0.05) is 22.3 Å². The van der Waals surface area contributed by atoms with E-state index >= 15 is 0 Å². The van der Waals surface area contributed by atoms with E-state index in [0.717, 1.165) is 45.1 Å². The summed E-state index contributed by atoms with van der Waals surface area (Å²) in [7, 11) is 0. The van der Waals surface area contributed by atoms with Crippen LogP contribution in [0.3, 0.4) is 0 Å². The summed E-state index contributed by atoms with van der Waals surface area (Å²) in [5, 5.41) is 4.98. The fourth-order valence-electron chi connectivity index (χ4n) is 6.72. The molecule has 9 rings (SSSR count). The van der Waals surface area contributed by atoms with Gasteiger partial charge in [0.2, 0.25) is 0 Å². The number of rotatable bonds is 4. The summed E-state index contributed by atoms with van der Waals surface area (Å²) in [6.45, 7) is 0. The molecule has 0 spiro atoms. The average Bonchev–Trinajstić information content (AvgIpc) is 3.15. The smallest absolute Gasteiger partial charge is 0.0803 e. The minimum Gasteiger partial charge on any atom is -0.247 e. The van der Waals surface area contributed by atoms with Crippen LogP contribution in [0.15, 0.2) is 192 Å². The van der Waals surface area contributed by atoms with Gasteiger partial charge in [-0.15, -0.1) is 0 Å². The van der Waals surface area contributed by atoms with Crippen LogP contribution in [0.25, 0.3) is 43.8 Å². The highest BCUT2D eigenvalue weighted by atomic mass is 14.8. The molecule has 48 heavy (non-hydrogen) atoms. The van der Waals surface area contributed by atoms with Crippen molar-refractivity contribution in [1.29, 1.82) is 0 Å². The van der Waals surface area contributed by atoms with Crippen LogP contribution in [0, 0.1) is 0 Å². The zero-order valence-electron chi connectivity index (χ0n) is 26.2. The van der Waals surface area contributed by atoms with Gasteiger partial charge in [0.15, 0.2) is 0 Å². The van der Waals surface area contributed by atoms with Crippen molar-refractivity contribution in [2.45, 2.75) is 0 Å². The molecule has 0 radical (unpaired) electrons. The van der Waals surface area contributed by atoms with Crippen LogP contribution in [0.2, 0.25) is 0 Å². The number of nitrogens with zero attached hydrogens (tertiary/aromatic N) is 2. The first-order chi connectivity index (χ1) is 23.8. The maximum Gasteiger partial charge on any atom is 0.0803 e. The maximum absolute atomic E-state index is 5.36. The van der Waals surface area contributed by atoms with Crippen molar-refractivity contribution in [2.24, 2.45) is 9.98 Å². The van der Waals surface area contributed by atoms with Gasteiger partial charge in [0.25, 0.3) is 0 Å². The van der Waals surface area contributed by atoms with Gasteiger partial charge < -0.3 is 0 Å². The van der Waals surface area contributed by atoms with Crippen molar-refractivity contribution in [1.82, 2.24) is 0 Å². The van der Waals surface area contributed by atoms with E-state index in [-0.39, 0.29) is 0 Å². The average molecular weight is 611 g/mol. The lowest BCUT2D eigenvalue weighted by Gasteiger charge is -2.18. The van der Waals surface area contributed by atoms with Crippen LogP contribution in [0.5, 0.6) is 0 Å². The number of hydrogen-bond donors (Lipinski definition) is 0. The summed E-state index contributed by atoms with van der Waals surface area (Å²) in [6, 6.07) is 64.4. The molecule has 2 heteroatoms. The van der Waals surface area contributed by atoms with E-state index in [4.69, 9.17) is 9.98 Å². The molecule has 0 bridgehead atoms. The van der Waals surface area contributed by atoms with Gasteiger partial charge >= 0.3 is 0 Å². The second kappa shape index (κ2) is 11.8. The van der Waals surface area contributed by atoms with E-state index in [9.17, 15) is 0 Å². The lowest BCUT2D eigenvalue weighted by molar-refractivity contribution is 1.39. The minimum absolute atomic E-state index is 0.901. The Morgan fingerprint density at radius 2 is 0.583 bits per heavy atom. The predicted molar refractivity (Wildman–Crippen MR) is 202 cm³/mol. The number of benzene rings is 8. The molecular weight excluding hydrogens is 581 g/mol. The fraction of sp³-hybridized carbons (Fsp3) is 0. The number of hydrogen-bond acceptors (Lipinski definition) is 2. The van der Waals surface area contributed by atoms with Gasteiger partial charge in [0.05, 0.1) is 22.8 Å². The van der Waals surface area contributed by atoms with Crippen LogP contribution >= 0.6 is 0 Å². The van der Waals surface area contributed by atoms with Gasteiger partial charge in [0.1, 0.15) is 0 Å². The Morgan fingerprint density at radius 1 is 0.250 bits per heavy atom. The van der Waals surface area contributed by atoms with Crippen molar-refractivity contribution in [3.05, 3.63) is 204 Å². The van der Waals surface area contributed by atoms with Gasteiger partial charge in [-0.2, -0.15) is 0 Å². The van der Waals surface area contributed by atoms with Crippen molar-refractivity contribution < 1.29 is 0 Å². The van der Waals surface area contributed by atoms with Crippen molar-refractivity contribution >= 4 is 44.3 Å². The Kier molecular flexibility index (Phi) is 6.84. The van der Waals surface area contributed by atoms with Gasteiger partial charge in [-0.05, 0) is 68.1 Å². The molecule has 0 amide bonds. The molecule has 0 saturated heterocycles. The molecule has 0 N–H and O–H groups in total. The normalized spacial score (nSPS) is 14.6. The minimum atomic E-state index is 0.901.